The molecule has 4 rings (SSSR count). The van der Waals surface area contributed by atoms with Gasteiger partial charge in [0.1, 0.15) is 5.82 Å². The van der Waals surface area contributed by atoms with E-state index in [1.807, 2.05) is 6.92 Å². The number of aromatic amines is 1. The second-order valence-corrected chi connectivity index (χ2v) is 9.38. The van der Waals surface area contributed by atoms with E-state index < -0.39 is 0 Å². The summed E-state index contributed by atoms with van der Waals surface area (Å²) in [7, 11) is 0. The minimum absolute atomic E-state index is 0.00717. The molecule has 3 aromatic rings. The average Bonchev–Trinajstić information content (AvgIpc) is 3.10. The maximum Gasteiger partial charge on any atom is 0.264 e. The lowest BCUT2D eigenvalue weighted by Gasteiger charge is -2.21. The van der Waals surface area contributed by atoms with Crippen molar-refractivity contribution < 1.29 is 4.79 Å². The summed E-state index contributed by atoms with van der Waals surface area (Å²) in [4.78, 5) is 36.9. The van der Waals surface area contributed by atoms with Crippen LogP contribution in [-0.4, -0.2) is 27.3 Å². The molecule has 1 unspecified atom stereocenters. The lowest BCUT2D eigenvalue weighted by molar-refractivity contribution is 0.0743. The van der Waals surface area contributed by atoms with Gasteiger partial charge in [0, 0.05) is 16.4 Å². The van der Waals surface area contributed by atoms with Crippen molar-refractivity contribution in [2.75, 3.05) is 6.54 Å². The molecule has 29 heavy (non-hydrogen) atoms. The molecule has 0 fully saturated rings. The number of halogens is 1. The molecule has 2 heterocycles. The maximum absolute atomic E-state index is 13.2. The number of nitrogens with one attached hydrogen (secondary N) is 1. The van der Waals surface area contributed by atoms with E-state index in [4.69, 9.17) is 11.6 Å². The Morgan fingerprint density at radius 1 is 1.38 bits per heavy atom. The van der Waals surface area contributed by atoms with Crippen molar-refractivity contribution in [3.63, 3.8) is 0 Å². The SMILES string of the molecule is CCCN(Cc1nc2cc(Cl)ccc2c(=O)[nH]1)C(=O)c1cc2c(s1)CCC(C)C2. The van der Waals surface area contributed by atoms with Crippen molar-refractivity contribution in [3.05, 3.63) is 60.8 Å². The first-order valence-corrected chi connectivity index (χ1v) is 11.2. The van der Waals surface area contributed by atoms with Gasteiger partial charge in [-0.05, 0) is 61.4 Å². The van der Waals surface area contributed by atoms with Gasteiger partial charge in [-0.3, -0.25) is 9.59 Å². The van der Waals surface area contributed by atoms with Gasteiger partial charge in [0.15, 0.2) is 0 Å². The zero-order valence-electron chi connectivity index (χ0n) is 16.6. The third-order valence-corrected chi connectivity index (χ3v) is 6.84. The molecule has 152 valence electrons. The molecule has 5 nitrogen and oxygen atoms in total. The molecule has 1 atom stereocenters. The van der Waals surface area contributed by atoms with Crippen LogP contribution in [0.4, 0.5) is 0 Å². The van der Waals surface area contributed by atoms with Gasteiger partial charge in [-0.25, -0.2) is 4.98 Å². The molecule has 0 saturated carbocycles. The molecule has 0 bridgehead atoms. The van der Waals surface area contributed by atoms with Gasteiger partial charge >= 0.3 is 0 Å². The number of H-pyrrole nitrogens is 1. The molecular formula is C22H24ClN3O2S. The number of fused-ring (bicyclic) bond motifs is 2. The molecule has 0 aliphatic heterocycles. The van der Waals surface area contributed by atoms with E-state index in [1.165, 1.54) is 16.9 Å². The normalized spacial score (nSPS) is 16.0. The molecule has 1 amide bonds. The summed E-state index contributed by atoms with van der Waals surface area (Å²) < 4.78 is 0. The fourth-order valence-electron chi connectivity index (χ4n) is 3.91. The van der Waals surface area contributed by atoms with Gasteiger partial charge in [-0.15, -0.1) is 11.3 Å². The summed E-state index contributed by atoms with van der Waals surface area (Å²) in [6, 6.07) is 7.08. The van der Waals surface area contributed by atoms with Gasteiger partial charge in [-0.1, -0.05) is 25.4 Å². The largest absolute Gasteiger partial charge is 0.330 e. The van der Waals surface area contributed by atoms with E-state index >= 15 is 0 Å². The minimum Gasteiger partial charge on any atom is -0.330 e. The van der Waals surface area contributed by atoms with Crippen molar-refractivity contribution in [3.8, 4) is 0 Å². The van der Waals surface area contributed by atoms with Gasteiger partial charge in [-0.2, -0.15) is 0 Å². The Hall–Kier alpha value is -2.18. The van der Waals surface area contributed by atoms with E-state index in [-0.39, 0.29) is 18.0 Å². The van der Waals surface area contributed by atoms with E-state index in [0.29, 0.717) is 34.2 Å². The smallest absolute Gasteiger partial charge is 0.264 e. The summed E-state index contributed by atoms with van der Waals surface area (Å²) in [6.07, 6.45) is 4.12. The number of benzene rings is 1. The van der Waals surface area contributed by atoms with E-state index in [9.17, 15) is 9.59 Å². The standard InChI is InChI=1S/C22H24ClN3O2S/c1-3-8-26(22(28)19-10-14-9-13(2)4-7-18(14)29-19)12-20-24-17-11-15(23)5-6-16(17)21(27)25-20/h5-6,10-11,13H,3-4,7-9,12H2,1-2H3,(H,24,25,27). The summed E-state index contributed by atoms with van der Waals surface area (Å²) in [5.74, 6) is 1.15. The minimum atomic E-state index is -0.217. The van der Waals surface area contributed by atoms with Gasteiger partial charge < -0.3 is 9.88 Å². The third kappa shape index (κ3) is 4.23. The van der Waals surface area contributed by atoms with Crippen molar-refractivity contribution in [1.82, 2.24) is 14.9 Å². The van der Waals surface area contributed by atoms with Gasteiger partial charge in [0.25, 0.3) is 11.5 Å². The number of hydrogen-bond donors (Lipinski definition) is 1. The van der Waals surface area contributed by atoms with Crippen LogP contribution in [0.15, 0.2) is 29.1 Å². The summed E-state index contributed by atoms with van der Waals surface area (Å²) in [5, 5.41) is 1.02. The second-order valence-electron chi connectivity index (χ2n) is 7.81. The number of aromatic nitrogens is 2. The number of nitrogens with zero attached hydrogens (tertiary/aromatic N) is 2. The zero-order valence-corrected chi connectivity index (χ0v) is 18.2. The zero-order chi connectivity index (χ0) is 20.5. The van der Waals surface area contributed by atoms with Crippen molar-refractivity contribution in [1.29, 1.82) is 0 Å². The molecule has 7 heteroatoms. The van der Waals surface area contributed by atoms with E-state index in [0.717, 1.165) is 24.1 Å². The van der Waals surface area contributed by atoms with Gasteiger partial charge in [0.2, 0.25) is 0 Å². The molecule has 1 aromatic carbocycles. The maximum atomic E-state index is 13.2. The highest BCUT2D eigenvalue weighted by Crippen LogP contribution is 2.33. The average molecular weight is 430 g/mol. The van der Waals surface area contributed by atoms with Gasteiger partial charge in [0.05, 0.1) is 22.3 Å². The third-order valence-electron chi connectivity index (χ3n) is 5.38. The highest BCUT2D eigenvalue weighted by Gasteiger charge is 2.24. The van der Waals surface area contributed by atoms with Crippen LogP contribution in [0.2, 0.25) is 5.02 Å². The Morgan fingerprint density at radius 2 is 2.21 bits per heavy atom. The number of amides is 1. The number of thiophene rings is 1. The van der Waals surface area contributed by atoms with Crippen molar-refractivity contribution in [2.24, 2.45) is 5.92 Å². The lowest BCUT2D eigenvalue weighted by Crippen LogP contribution is -2.32. The Labute approximate surface area is 178 Å². The lowest BCUT2D eigenvalue weighted by atomic mass is 9.90. The highest BCUT2D eigenvalue weighted by molar-refractivity contribution is 7.14. The molecule has 1 aliphatic rings. The Balaban J connectivity index is 1.62. The molecule has 1 N–H and O–H groups in total. The summed E-state index contributed by atoms with van der Waals surface area (Å²) in [6.45, 7) is 5.18. The van der Waals surface area contributed by atoms with E-state index in [1.54, 1.807) is 34.4 Å². The van der Waals surface area contributed by atoms with Crippen LogP contribution < -0.4 is 5.56 Å². The first-order chi connectivity index (χ1) is 13.9. The number of carbonyl (C=O) groups excluding carboxylic acids is 1. The molecular weight excluding hydrogens is 406 g/mol. The number of hydrogen-bond acceptors (Lipinski definition) is 4. The molecule has 0 spiro atoms. The van der Waals surface area contributed by atoms with Crippen LogP contribution in [-0.2, 0) is 19.4 Å². The highest BCUT2D eigenvalue weighted by atomic mass is 35.5. The predicted molar refractivity (Wildman–Crippen MR) is 118 cm³/mol. The quantitative estimate of drug-likeness (QED) is 0.632. The monoisotopic (exact) mass is 429 g/mol. The molecule has 0 saturated heterocycles. The molecule has 2 aromatic heterocycles. The fourth-order valence-corrected chi connectivity index (χ4v) is 5.25. The topological polar surface area (TPSA) is 66.1 Å². The molecule has 0 radical (unpaired) electrons. The Kier molecular flexibility index (Phi) is 5.74. The second kappa shape index (κ2) is 8.28. The number of carbonyl (C=O) groups is 1. The van der Waals surface area contributed by atoms with Crippen LogP contribution >= 0.6 is 22.9 Å². The fraction of sp³-hybridized carbons (Fsp3) is 0.409. The molecule has 1 aliphatic carbocycles. The van der Waals surface area contributed by atoms with Crippen LogP contribution in [0.3, 0.4) is 0 Å². The first kappa shape index (κ1) is 20.1. The number of rotatable bonds is 5. The van der Waals surface area contributed by atoms with Crippen molar-refractivity contribution in [2.45, 2.75) is 46.1 Å². The van der Waals surface area contributed by atoms with Crippen molar-refractivity contribution >= 4 is 39.7 Å². The first-order valence-electron chi connectivity index (χ1n) is 10.0. The van der Waals surface area contributed by atoms with Crippen LogP contribution in [0.25, 0.3) is 10.9 Å². The van der Waals surface area contributed by atoms with Crippen LogP contribution in [0, 0.1) is 5.92 Å². The van der Waals surface area contributed by atoms with E-state index in [2.05, 4.69) is 23.0 Å². The Morgan fingerprint density at radius 3 is 3.00 bits per heavy atom. The predicted octanol–water partition coefficient (Wildman–Crippen LogP) is 4.82. The van der Waals surface area contributed by atoms with Crippen LogP contribution in [0.5, 0.6) is 0 Å². The van der Waals surface area contributed by atoms with Crippen LogP contribution in [0.1, 0.15) is 52.6 Å². The number of aryl methyl sites for hydroxylation is 1. The summed E-state index contributed by atoms with van der Waals surface area (Å²) >= 11 is 7.67. The summed E-state index contributed by atoms with van der Waals surface area (Å²) in [5.41, 5.74) is 1.65. The Bertz CT molecular complexity index is 1120.